The summed E-state index contributed by atoms with van der Waals surface area (Å²) in [4.78, 5) is 8.31. The monoisotopic (exact) mass is 284 g/mol. The zero-order valence-corrected chi connectivity index (χ0v) is 13.2. The van der Waals surface area contributed by atoms with Crippen LogP contribution in [0.3, 0.4) is 0 Å². The topological polar surface area (TPSA) is 35.0 Å². The summed E-state index contributed by atoms with van der Waals surface area (Å²) in [7, 11) is 0. The minimum atomic E-state index is 0.352. The third-order valence-electron chi connectivity index (χ3n) is 4.68. The van der Waals surface area contributed by atoms with Gasteiger partial charge in [-0.2, -0.15) is 0 Å². The quantitative estimate of drug-likeness (QED) is 0.807. The molecule has 1 saturated carbocycles. The molecule has 0 aliphatic heterocycles. The third kappa shape index (κ3) is 3.34. The molecule has 1 aromatic heterocycles. The number of benzene rings is 1. The van der Waals surface area contributed by atoms with Crippen molar-refractivity contribution < 1.29 is 4.74 Å². The van der Waals surface area contributed by atoms with E-state index in [2.05, 4.69) is 30.7 Å². The van der Waals surface area contributed by atoms with Crippen molar-refractivity contribution in [1.29, 1.82) is 0 Å². The number of ether oxygens (including phenoxy) is 1. The van der Waals surface area contributed by atoms with Crippen molar-refractivity contribution in [3.8, 4) is 5.75 Å². The third-order valence-corrected chi connectivity index (χ3v) is 4.68. The van der Waals surface area contributed by atoms with Gasteiger partial charge in [-0.05, 0) is 55.2 Å². The highest BCUT2D eigenvalue weighted by Gasteiger charge is 2.30. The van der Waals surface area contributed by atoms with Gasteiger partial charge in [-0.15, -0.1) is 0 Å². The van der Waals surface area contributed by atoms with Crippen molar-refractivity contribution in [3.05, 3.63) is 30.7 Å². The Labute approximate surface area is 126 Å². The molecule has 0 radical (unpaired) electrons. The second kappa shape index (κ2) is 5.63. The lowest BCUT2D eigenvalue weighted by Gasteiger charge is -2.36. The van der Waals surface area contributed by atoms with Crippen LogP contribution in [-0.2, 0) is 0 Å². The molecule has 0 unspecified atom stereocenters. The molecule has 0 saturated heterocycles. The first kappa shape index (κ1) is 14.3. The van der Waals surface area contributed by atoms with Gasteiger partial charge in [0, 0.05) is 11.6 Å². The van der Waals surface area contributed by atoms with E-state index < -0.39 is 0 Å². The summed E-state index contributed by atoms with van der Waals surface area (Å²) in [5.41, 5.74) is 1.39. The van der Waals surface area contributed by atoms with Gasteiger partial charge in [0.2, 0.25) is 0 Å². The van der Waals surface area contributed by atoms with Gasteiger partial charge in [-0.3, -0.25) is 0 Å². The van der Waals surface area contributed by atoms with Crippen molar-refractivity contribution in [3.63, 3.8) is 0 Å². The number of hydrogen-bond donors (Lipinski definition) is 0. The molecule has 2 aromatic rings. The van der Waals surface area contributed by atoms with Crippen LogP contribution < -0.4 is 4.74 Å². The average Bonchev–Trinajstić information content (AvgIpc) is 2.47. The highest BCUT2D eigenvalue weighted by Crippen LogP contribution is 2.38. The molecule has 1 heterocycles. The predicted octanol–water partition coefficient (Wildman–Crippen LogP) is 4.61. The second-order valence-electron chi connectivity index (χ2n) is 7.20. The van der Waals surface area contributed by atoms with E-state index in [1.165, 1.54) is 12.8 Å². The van der Waals surface area contributed by atoms with E-state index in [-0.39, 0.29) is 0 Å². The Bertz CT molecular complexity index is 610. The van der Waals surface area contributed by atoms with Crippen LogP contribution >= 0.6 is 0 Å². The van der Waals surface area contributed by atoms with Crippen molar-refractivity contribution in [1.82, 2.24) is 9.97 Å². The Morgan fingerprint density at radius 2 is 1.86 bits per heavy atom. The van der Waals surface area contributed by atoms with Gasteiger partial charge in [-0.1, -0.05) is 20.8 Å². The number of nitrogens with zero attached hydrogens (tertiary/aromatic N) is 2. The molecule has 21 heavy (non-hydrogen) atoms. The SMILES string of the molecule is CC(C)(C)C1CCC(Oc2ccc3ncncc3c2)CC1. The molecular weight excluding hydrogens is 260 g/mol. The minimum Gasteiger partial charge on any atom is -0.490 e. The van der Waals surface area contributed by atoms with Crippen molar-refractivity contribution in [2.24, 2.45) is 11.3 Å². The Hall–Kier alpha value is -1.64. The molecule has 112 valence electrons. The van der Waals surface area contributed by atoms with E-state index in [4.69, 9.17) is 4.74 Å². The zero-order valence-electron chi connectivity index (χ0n) is 13.2. The summed E-state index contributed by atoms with van der Waals surface area (Å²) in [5.74, 6) is 1.76. The minimum absolute atomic E-state index is 0.352. The highest BCUT2D eigenvalue weighted by atomic mass is 16.5. The first-order chi connectivity index (χ1) is 10.0. The number of rotatable bonds is 2. The summed E-state index contributed by atoms with van der Waals surface area (Å²) in [6.07, 6.45) is 8.62. The second-order valence-corrected chi connectivity index (χ2v) is 7.20. The van der Waals surface area contributed by atoms with E-state index in [9.17, 15) is 0 Å². The standard InChI is InChI=1S/C18H24N2O/c1-18(2,3)14-4-6-15(7-5-14)21-16-8-9-17-13(10-16)11-19-12-20-17/h8-12,14-15H,4-7H2,1-3H3. The molecule has 3 nitrogen and oxygen atoms in total. The number of hydrogen-bond acceptors (Lipinski definition) is 3. The fraction of sp³-hybridized carbons (Fsp3) is 0.556. The molecule has 0 bridgehead atoms. The molecule has 1 aliphatic carbocycles. The maximum atomic E-state index is 6.17. The van der Waals surface area contributed by atoms with Crippen LogP contribution in [0, 0.1) is 11.3 Å². The maximum Gasteiger partial charge on any atom is 0.120 e. The van der Waals surface area contributed by atoms with E-state index in [0.29, 0.717) is 11.5 Å². The Balaban J connectivity index is 1.64. The number of aromatic nitrogens is 2. The first-order valence-corrected chi connectivity index (χ1v) is 7.89. The Morgan fingerprint density at radius 3 is 2.57 bits per heavy atom. The molecule has 0 spiro atoms. The fourth-order valence-corrected chi connectivity index (χ4v) is 3.28. The van der Waals surface area contributed by atoms with Crippen molar-refractivity contribution >= 4 is 10.9 Å². The van der Waals surface area contributed by atoms with Crippen molar-refractivity contribution in [2.75, 3.05) is 0 Å². The molecule has 0 atom stereocenters. The van der Waals surface area contributed by atoms with Crippen molar-refractivity contribution in [2.45, 2.75) is 52.6 Å². The highest BCUT2D eigenvalue weighted by molar-refractivity contribution is 5.78. The Morgan fingerprint density at radius 1 is 1.10 bits per heavy atom. The van der Waals surface area contributed by atoms with Crippen LogP contribution in [0.1, 0.15) is 46.5 Å². The molecule has 1 fully saturated rings. The lowest BCUT2D eigenvalue weighted by atomic mass is 9.72. The van der Waals surface area contributed by atoms with E-state index >= 15 is 0 Å². The normalized spacial score (nSPS) is 23.2. The molecule has 0 amide bonds. The zero-order chi connectivity index (χ0) is 14.9. The average molecular weight is 284 g/mol. The van der Waals surface area contributed by atoms with Crippen LogP contribution in [-0.4, -0.2) is 16.1 Å². The molecule has 3 rings (SSSR count). The molecule has 1 aliphatic rings. The molecule has 3 heteroatoms. The van der Waals surface area contributed by atoms with Gasteiger partial charge in [0.15, 0.2) is 0 Å². The van der Waals surface area contributed by atoms with Crippen LogP contribution in [0.5, 0.6) is 5.75 Å². The van der Waals surface area contributed by atoms with Crippen LogP contribution in [0.4, 0.5) is 0 Å². The van der Waals surface area contributed by atoms with Gasteiger partial charge in [0.25, 0.3) is 0 Å². The van der Waals surface area contributed by atoms with E-state index in [0.717, 1.165) is 35.4 Å². The van der Waals surface area contributed by atoms with Crippen LogP contribution in [0.25, 0.3) is 10.9 Å². The fourth-order valence-electron chi connectivity index (χ4n) is 3.28. The maximum absolute atomic E-state index is 6.17. The van der Waals surface area contributed by atoms with Gasteiger partial charge in [0.05, 0.1) is 11.6 Å². The number of fused-ring (bicyclic) bond motifs is 1. The Kier molecular flexibility index (Phi) is 3.83. The summed E-state index contributed by atoms with van der Waals surface area (Å²) in [6, 6.07) is 6.07. The lowest BCUT2D eigenvalue weighted by molar-refractivity contribution is 0.0883. The molecule has 1 aromatic carbocycles. The van der Waals surface area contributed by atoms with Crippen LogP contribution in [0.2, 0.25) is 0 Å². The van der Waals surface area contributed by atoms with Gasteiger partial charge < -0.3 is 4.74 Å². The van der Waals surface area contributed by atoms with Gasteiger partial charge in [-0.25, -0.2) is 9.97 Å². The van der Waals surface area contributed by atoms with Gasteiger partial charge in [0.1, 0.15) is 12.1 Å². The summed E-state index contributed by atoms with van der Waals surface area (Å²) in [6.45, 7) is 7.05. The largest absolute Gasteiger partial charge is 0.490 e. The first-order valence-electron chi connectivity index (χ1n) is 7.89. The van der Waals surface area contributed by atoms with Gasteiger partial charge >= 0.3 is 0 Å². The van der Waals surface area contributed by atoms with E-state index in [1.807, 2.05) is 24.4 Å². The summed E-state index contributed by atoms with van der Waals surface area (Å²) >= 11 is 0. The smallest absolute Gasteiger partial charge is 0.120 e. The summed E-state index contributed by atoms with van der Waals surface area (Å²) in [5, 5.41) is 1.04. The van der Waals surface area contributed by atoms with E-state index in [1.54, 1.807) is 6.33 Å². The molecule has 0 N–H and O–H groups in total. The predicted molar refractivity (Wildman–Crippen MR) is 85.4 cm³/mol. The van der Waals surface area contributed by atoms with Crippen LogP contribution in [0.15, 0.2) is 30.7 Å². The summed E-state index contributed by atoms with van der Waals surface area (Å²) < 4.78 is 6.17. The lowest BCUT2D eigenvalue weighted by Crippen LogP contribution is -2.30. The molecular formula is C18H24N2O.